The molecule has 0 atom stereocenters. The summed E-state index contributed by atoms with van der Waals surface area (Å²) in [6.07, 6.45) is 7.10. The first-order valence-corrected chi connectivity index (χ1v) is 9.02. The van der Waals surface area contributed by atoms with Gasteiger partial charge in [-0.15, -0.1) is 0 Å². The summed E-state index contributed by atoms with van der Waals surface area (Å²) in [6.45, 7) is 7.40. The molecule has 2 aromatic heterocycles. The van der Waals surface area contributed by atoms with Crippen LogP contribution in [0.1, 0.15) is 29.3 Å². The largest absolute Gasteiger partial charge is 0.340 e. The van der Waals surface area contributed by atoms with Crippen molar-refractivity contribution in [3.8, 4) is 0 Å². The number of rotatable bonds is 3. The first-order chi connectivity index (χ1) is 12.2. The van der Waals surface area contributed by atoms with Gasteiger partial charge in [0.15, 0.2) is 0 Å². The van der Waals surface area contributed by atoms with Gasteiger partial charge in [-0.25, -0.2) is 0 Å². The van der Waals surface area contributed by atoms with Gasteiger partial charge in [0.05, 0.1) is 0 Å². The monoisotopic (exact) mass is 331 g/mol. The number of aryl methyl sites for hydroxylation is 1. The van der Waals surface area contributed by atoms with Crippen molar-refractivity contribution in [2.75, 3.05) is 13.6 Å². The lowest BCUT2D eigenvalue weighted by molar-refractivity contribution is 0.310. The van der Waals surface area contributed by atoms with Gasteiger partial charge >= 0.3 is 0 Å². The Labute approximate surface area is 149 Å². The highest BCUT2D eigenvalue weighted by molar-refractivity contribution is 5.87. The predicted molar refractivity (Wildman–Crippen MR) is 105 cm³/mol. The Hall–Kier alpha value is -2.39. The van der Waals surface area contributed by atoms with E-state index in [1.165, 1.54) is 38.9 Å². The molecular weight excluding hydrogens is 306 g/mol. The van der Waals surface area contributed by atoms with E-state index >= 15 is 0 Å². The van der Waals surface area contributed by atoms with Gasteiger partial charge in [-0.2, -0.15) is 0 Å². The zero-order valence-electron chi connectivity index (χ0n) is 15.3. The van der Waals surface area contributed by atoms with Gasteiger partial charge in [-0.3, -0.25) is 4.98 Å². The molecule has 0 radical (unpaired) electrons. The Balaban J connectivity index is 1.84. The molecule has 0 fully saturated rings. The molecule has 0 spiro atoms. The minimum Gasteiger partial charge on any atom is -0.340 e. The van der Waals surface area contributed by atoms with Crippen molar-refractivity contribution in [2.24, 2.45) is 0 Å². The fourth-order valence-corrected chi connectivity index (χ4v) is 3.96. The van der Waals surface area contributed by atoms with Crippen molar-refractivity contribution in [2.45, 2.75) is 33.4 Å². The number of hydrogen-bond acceptors (Lipinski definition) is 2. The molecule has 4 rings (SSSR count). The minimum absolute atomic E-state index is 0.916. The van der Waals surface area contributed by atoms with E-state index in [9.17, 15) is 0 Å². The SMILES string of the molecule is CC=C(Cn1c2c(c3cc(C)ccc31)CN(C)CC2)c1ccncc1. The molecular formula is C22H25N3. The van der Waals surface area contributed by atoms with Gasteiger partial charge in [-0.1, -0.05) is 17.7 Å². The molecule has 3 heterocycles. The summed E-state index contributed by atoms with van der Waals surface area (Å²) >= 11 is 0. The Morgan fingerprint density at radius 2 is 2.00 bits per heavy atom. The van der Waals surface area contributed by atoms with E-state index in [0.29, 0.717) is 0 Å². The van der Waals surface area contributed by atoms with Gasteiger partial charge in [0.25, 0.3) is 0 Å². The molecule has 0 unspecified atom stereocenters. The molecule has 0 aliphatic carbocycles. The smallest absolute Gasteiger partial charge is 0.0489 e. The molecule has 0 bridgehead atoms. The molecule has 1 aliphatic heterocycles. The molecule has 0 N–H and O–H groups in total. The fourth-order valence-electron chi connectivity index (χ4n) is 3.96. The number of aromatic nitrogens is 2. The Bertz CT molecular complexity index is 935. The summed E-state index contributed by atoms with van der Waals surface area (Å²) in [5.74, 6) is 0. The Morgan fingerprint density at radius 3 is 2.76 bits per heavy atom. The molecule has 25 heavy (non-hydrogen) atoms. The van der Waals surface area contributed by atoms with Crippen molar-refractivity contribution >= 4 is 16.5 Å². The van der Waals surface area contributed by atoms with Crippen LogP contribution in [0.2, 0.25) is 0 Å². The highest BCUT2D eigenvalue weighted by atomic mass is 15.1. The second kappa shape index (κ2) is 6.49. The van der Waals surface area contributed by atoms with Crippen LogP contribution in [-0.4, -0.2) is 28.0 Å². The number of allylic oxidation sites excluding steroid dienone is 2. The van der Waals surface area contributed by atoms with Gasteiger partial charge in [-0.05, 0) is 61.9 Å². The van der Waals surface area contributed by atoms with E-state index in [-0.39, 0.29) is 0 Å². The van der Waals surface area contributed by atoms with Crippen LogP contribution < -0.4 is 0 Å². The maximum absolute atomic E-state index is 4.16. The van der Waals surface area contributed by atoms with E-state index in [2.05, 4.69) is 71.8 Å². The van der Waals surface area contributed by atoms with Gasteiger partial charge in [0.1, 0.15) is 0 Å². The fraction of sp³-hybridized carbons (Fsp3) is 0.318. The standard InChI is InChI=1S/C22H25N3/c1-4-17(18-7-10-23-11-8-18)14-25-21-6-5-16(2)13-19(21)20-15-24(3)12-9-22(20)25/h4-8,10-11,13H,9,12,14-15H2,1-3H3. The van der Waals surface area contributed by atoms with Gasteiger partial charge in [0, 0.05) is 55.0 Å². The summed E-state index contributed by atoms with van der Waals surface area (Å²) < 4.78 is 2.53. The lowest BCUT2D eigenvalue weighted by Gasteiger charge is -2.24. The quantitative estimate of drug-likeness (QED) is 0.707. The summed E-state index contributed by atoms with van der Waals surface area (Å²) in [7, 11) is 2.22. The van der Waals surface area contributed by atoms with E-state index < -0.39 is 0 Å². The molecule has 0 saturated heterocycles. The number of likely N-dealkylation sites (N-methyl/N-ethyl adjacent to an activating group) is 1. The zero-order valence-corrected chi connectivity index (χ0v) is 15.3. The summed E-state index contributed by atoms with van der Waals surface area (Å²) in [5.41, 5.74) is 8.32. The highest BCUT2D eigenvalue weighted by Crippen LogP contribution is 2.33. The average Bonchev–Trinajstić information content (AvgIpc) is 2.92. The summed E-state index contributed by atoms with van der Waals surface area (Å²) in [5, 5.41) is 1.42. The van der Waals surface area contributed by atoms with Crippen LogP contribution in [0.25, 0.3) is 16.5 Å². The van der Waals surface area contributed by atoms with Crippen LogP contribution in [-0.2, 0) is 19.5 Å². The first-order valence-electron chi connectivity index (χ1n) is 9.02. The van der Waals surface area contributed by atoms with Crippen LogP contribution in [0, 0.1) is 6.92 Å². The summed E-state index contributed by atoms with van der Waals surface area (Å²) in [4.78, 5) is 6.58. The molecule has 0 amide bonds. The third-order valence-electron chi connectivity index (χ3n) is 5.33. The maximum Gasteiger partial charge on any atom is 0.0489 e. The topological polar surface area (TPSA) is 21.1 Å². The summed E-state index contributed by atoms with van der Waals surface area (Å²) in [6, 6.07) is 11.1. The zero-order chi connectivity index (χ0) is 17.4. The van der Waals surface area contributed by atoms with Crippen LogP contribution in [0.3, 0.4) is 0 Å². The molecule has 3 heteroatoms. The third-order valence-corrected chi connectivity index (χ3v) is 5.33. The molecule has 1 aliphatic rings. The van der Waals surface area contributed by atoms with Crippen molar-refractivity contribution in [3.05, 3.63) is 71.2 Å². The molecule has 128 valence electrons. The maximum atomic E-state index is 4.16. The highest BCUT2D eigenvalue weighted by Gasteiger charge is 2.22. The van der Waals surface area contributed by atoms with E-state index in [0.717, 1.165) is 26.1 Å². The van der Waals surface area contributed by atoms with Gasteiger partial charge in [0.2, 0.25) is 0 Å². The first kappa shape index (κ1) is 16.1. The third kappa shape index (κ3) is 2.89. The normalized spacial score (nSPS) is 15.6. The lowest BCUT2D eigenvalue weighted by Crippen LogP contribution is -2.27. The number of pyridine rings is 1. The minimum atomic E-state index is 0.916. The van der Waals surface area contributed by atoms with Crippen LogP contribution >= 0.6 is 0 Å². The van der Waals surface area contributed by atoms with E-state index in [4.69, 9.17) is 0 Å². The van der Waals surface area contributed by atoms with Gasteiger partial charge < -0.3 is 9.47 Å². The lowest BCUT2D eigenvalue weighted by atomic mass is 10.0. The molecule has 3 nitrogen and oxygen atoms in total. The van der Waals surface area contributed by atoms with E-state index in [1.807, 2.05) is 12.4 Å². The molecule has 0 saturated carbocycles. The average molecular weight is 331 g/mol. The molecule has 3 aromatic rings. The van der Waals surface area contributed by atoms with Crippen molar-refractivity contribution < 1.29 is 0 Å². The second-order valence-corrected chi connectivity index (χ2v) is 7.07. The Morgan fingerprint density at radius 1 is 1.20 bits per heavy atom. The molecule has 1 aromatic carbocycles. The second-order valence-electron chi connectivity index (χ2n) is 7.07. The van der Waals surface area contributed by atoms with Crippen LogP contribution in [0.5, 0.6) is 0 Å². The number of nitrogens with zero attached hydrogens (tertiary/aromatic N) is 3. The van der Waals surface area contributed by atoms with E-state index in [1.54, 1.807) is 0 Å². The number of hydrogen-bond donors (Lipinski definition) is 0. The van der Waals surface area contributed by atoms with Crippen molar-refractivity contribution in [1.29, 1.82) is 0 Å². The van der Waals surface area contributed by atoms with Crippen LogP contribution in [0.15, 0.2) is 48.8 Å². The Kier molecular flexibility index (Phi) is 4.18. The van der Waals surface area contributed by atoms with Crippen LogP contribution in [0.4, 0.5) is 0 Å². The van der Waals surface area contributed by atoms with Crippen molar-refractivity contribution in [1.82, 2.24) is 14.5 Å². The predicted octanol–water partition coefficient (Wildman–Crippen LogP) is 4.44. The van der Waals surface area contributed by atoms with Crippen molar-refractivity contribution in [3.63, 3.8) is 0 Å². The number of fused-ring (bicyclic) bond motifs is 3. The number of benzene rings is 1.